The number of benzene rings is 2. The van der Waals surface area contributed by atoms with Crippen molar-refractivity contribution in [3.05, 3.63) is 77.2 Å². The van der Waals surface area contributed by atoms with Crippen LogP contribution in [0.5, 0.6) is 5.75 Å². The highest BCUT2D eigenvalue weighted by Gasteiger charge is 2.31. The Morgan fingerprint density at radius 1 is 1.07 bits per heavy atom. The molecule has 2 aromatic carbocycles. The van der Waals surface area contributed by atoms with Gasteiger partial charge in [-0.25, -0.2) is 4.79 Å². The number of carbonyl (C=O) groups excluding carboxylic acids is 2. The minimum absolute atomic E-state index is 0.0205. The minimum Gasteiger partial charge on any atom is -0.456 e. The van der Waals surface area contributed by atoms with Gasteiger partial charge in [-0.3, -0.25) is 4.79 Å². The van der Waals surface area contributed by atoms with Gasteiger partial charge >= 0.3 is 12.3 Å². The van der Waals surface area contributed by atoms with Crippen molar-refractivity contribution >= 4 is 17.6 Å². The van der Waals surface area contributed by atoms with Crippen molar-refractivity contribution in [2.24, 2.45) is 0 Å². The third-order valence-electron chi connectivity index (χ3n) is 3.84. The predicted octanol–water partition coefficient (Wildman–Crippen LogP) is 4.49. The molecule has 1 N–H and O–H groups in total. The van der Waals surface area contributed by atoms with Crippen LogP contribution >= 0.6 is 0 Å². The van der Waals surface area contributed by atoms with Gasteiger partial charge in [0.05, 0.1) is 0 Å². The summed E-state index contributed by atoms with van der Waals surface area (Å²) in [4.78, 5) is 24.9. The molecule has 0 saturated heterocycles. The summed E-state index contributed by atoms with van der Waals surface area (Å²) in [5.41, 5.74) is 0.485. The van der Waals surface area contributed by atoms with Gasteiger partial charge in [-0.15, -0.1) is 13.2 Å². The van der Waals surface area contributed by atoms with Crippen LogP contribution in [0.2, 0.25) is 0 Å². The highest BCUT2D eigenvalue weighted by atomic mass is 19.4. The Hall–Kier alpha value is -3.82. The molecule has 3 rings (SSSR count). The number of amides is 1. The molecule has 0 saturated carbocycles. The zero-order chi connectivity index (χ0) is 21.7. The van der Waals surface area contributed by atoms with E-state index in [1.807, 2.05) is 6.07 Å². The monoisotopic (exact) mass is 420 g/mol. The number of hydrogen-bond acceptors (Lipinski definition) is 6. The Morgan fingerprint density at radius 2 is 1.73 bits per heavy atom. The summed E-state index contributed by atoms with van der Waals surface area (Å²) < 4.78 is 50.5. The summed E-state index contributed by atoms with van der Waals surface area (Å²) >= 11 is 0. The molecule has 0 aliphatic heterocycles. The summed E-state index contributed by atoms with van der Waals surface area (Å²) in [6, 6.07) is 13.4. The molecule has 1 amide bonds. The Balaban J connectivity index is 1.69. The molecule has 0 aliphatic rings. The lowest BCUT2D eigenvalue weighted by Crippen LogP contribution is -2.18. The third-order valence-corrected chi connectivity index (χ3v) is 3.84. The lowest BCUT2D eigenvalue weighted by Gasteiger charge is -2.10. The number of anilines is 1. The number of rotatable bonds is 6. The number of ether oxygens (including phenoxy) is 2. The Labute approximate surface area is 168 Å². The molecule has 156 valence electrons. The molecule has 0 bridgehead atoms. The predicted molar refractivity (Wildman–Crippen MR) is 97.9 cm³/mol. The number of carbonyl (C=O) groups is 2. The normalized spacial score (nSPS) is 11.1. The second kappa shape index (κ2) is 8.68. The molecule has 1 heterocycles. The van der Waals surface area contributed by atoms with Crippen molar-refractivity contribution in [1.29, 1.82) is 0 Å². The van der Waals surface area contributed by atoms with E-state index in [1.165, 1.54) is 19.1 Å². The topological polar surface area (TPSA) is 90.7 Å². The standard InChI is InChI=1S/C20H15F3N2O5/c1-12-16(17(25-30-12)19(27)28-11-13-5-3-2-4-6-13)18(26)24-14-7-9-15(10-8-14)29-20(21,22)23/h2-10H,11H2,1H3,(H,24,26). The van der Waals surface area contributed by atoms with Gasteiger partial charge in [0.1, 0.15) is 23.7 Å². The number of esters is 1. The third kappa shape index (κ3) is 5.37. The molecule has 0 unspecified atom stereocenters. The maximum atomic E-state index is 12.6. The fraction of sp³-hybridized carbons (Fsp3) is 0.150. The summed E-state index contributed by atoms with van der Waals surface area (Å²) in [5.74, 6) is -1.94. The van der Waals surface area contributed by atoms with Gasteiger partial charge in [-0.2, -0.15) is 0 Å². The van der Waals surface area contributed by atoms with Crippen molar-refractivity contribution in [3.8, 4) is 5.75 Å². The Morgan fingerprint density at radius 3 is 2.37 bits per heavy atom. The largest absolute Gasteiger partial charge is 0.573 e. The number of halogens is 3. The van der Waals surface area contributed by atoms with E-state index in [-0.39, 0.29) is 29.3 Å². The van der Waals surface area contributed by atoms with Gasteiger partial charge in [0.15, 0.2) is 0 Å². The molecule has 10 heteroatoms. The van der Waals surface area contributed by atoms with Crippen LogP contribution in [-0.2, 0) is 11.3 Å². The zero-order valence-corrected chi connectivity index (χ0v) is 15.5. The van der Waals surface area contributed by atoms with Gasteiger partial charge < -0.3 is 19.3 Å². The molecule has 7 nitrogen and oxygen atoms in total. The van der Waals surface area contributed by atoms with Crippen LogP contribution in [0.15, 0.2) is 59.1 Å². The van der Waals surface area contributed by atoms with Crippen LogP contribution in [-0.4, -0.2) is 23.4 Å². The fourth-order valence-corrected chi connectivity index (χ4v) is 2.50. The van der Waals surface area contributed by atoms with Crippen LogP contribution < -0.4 is 10.1 Å². The number of hydrogen-bond donors (Lipinski definition) is 1. The van der Waals surface area contributed by atoms with E-state index in [2.05, 4.69) is 15.2 Å². The van der Waals surface area contributed by atoms with Crippen molar-refractivity contribution in [2.45, 2.75) is 19.9 Å². The van der Waals surface area contributed by atoms with Gasteiger partial charge in [0.2, 0.25) is 5.69 Å². The smallest absolute Gasteiger partial charge is 0.456 e. The molecule has 0 atom stereocenters. The van der Waals surface area contributed by atoms with Gasteiger partial charge in [-0.05, 0) is 36.8 Å². The first-order chi connectivity index (χ1) is 14.2. The zero-order valence-electron chi connectivity index (χ0n) is 15.5. The van der Waals surface area contributed by atoms with Crippen LogP contribution in [0, 0.1) is 6.92 Å². The summed E-state index contributed by atoms with van der Waals surface area (Å²) in [6.07, 6.45) is -4.82. The Kier molecular flexibility index (Phi) is 6.05. The number of nitrogens with zero attached hydrogens (tertiary/aromatic N) is 1. The van der Waals surface area contributed by atoms with Gasteiger partial charge in [0, 0.05) is 5.69 Å². The van der Waals surface area contributed by atoms with Gasteiger partial charge in [-0.1, -0.05) is 35.5 Å². The van der Waals surface area contributed by atoms with Crippen LogP contribution in [0.25, 0.3) is 0 Å². The average molecular weight is 420 g/mol. The maximum Gasteiger partial charge on any atom is 0.573 e. The van der Waals surface area contributed by atoms with Crippen molar-refractivity contribution in [2.75, 3.05) is 5.32 Å². The van der Waals surface area contributed by atoms with Crippen LogP contribution in [0.1, 0.15) is 32.2 Å². The minimum atomic E-state index is -4.82. The van der Waals surface area contributed by atoms with E-state index in [4.69, 9.17) is 9.26 Å². The first-order valence-electron chi connectivity index (χ1n) is 8.57. The van der Waals surface area contributed by atoms with Crippen LogP contribution in [0.3, 0.4) is 0 Å². The molecule has 0 spiro atoms. The first-order valence-corrected chi connectivity index (χ1v) is 8.57. The quantitative estimate of drug-likeness (QED) is 0.591. The SMILES string of the molecule is Cc1onc(C(=O)OCc2ccccc2)c1C(=O)Nc1ccc(OC(F)(F)F)cc1. The number of alkyl halides is 3. The van der Waals surface area contributed by atoms with Crippen LogP contribution in [0.4, 0.5) is 18.9 Å². The number of aromatic nitrogens is 1. The van der Waals surface area contributed by atoms with Gasteiger partial charge in [0.25, 0.3) is 5.91 Å². The highest BCUT2D eigenvalue weighted by Crippen LogP contribution is 2.24. The Bertz CT molecular complexity index is 1030. The molecule has 0 aliphatic carbocycles. The average Bonchev–Trinajstić information content (AvgIpc) is 3.09. The first kappa shape index (κ1) is 20.9. The van der Waals surface area contributed by atoms with E-state index in [9.17, 15) is 22.8 Å². The summed E-state index contributed by atoms with van der Waals surface area (Å²) in [6.45, 7) is 1.42. The summed E-state index contributed by atoms with van der Waals surface area (Å²) in [5, 5.41) is 6.05. The van der Waals surface area contributed by atoms with E-state index in [0.29, 0.717) is 0 Å². The highest BCUT2D eigenvalue weighted by molar-refractivity contribution is 6.10. The molecule has 0 fully saturated rings. The lowest BCUT2D eigenvalue weighted by molar-refractivity contribution is -0.274. The summed E-state index contributed by atoms with van der Waals surface area (Å²) in [7, 11) is 0. The van der Waals surface area contributed by atoms with E-state index in [1.54, 1.807) is 24.3 Å². The fourth-order valence-electron chi connectivity index (χ4n) is 2.50. The molecular weight excluding hydrogens is 405 g/mol. The molecule has 0 radical (unpaired) electrons. The second-order valence-corrected chi connectivity index (χ2v) is 6.05. The van der Waals surface area contributed by atoms with Crippen molar-refractivity contribution in [1.82, 2.24) is 5.16 Å². The number of aryl methyl sites for hydroxylation is 1. The maximum absolute atomic E-state index is 12.6. The van der Waals surface area contributed by atoms with E-state index < -0.39 is 24.0 Å². The number of nitrogens with one attached hydrogen (secondary N) is 1. The second-order valence-electron chi connectivity index (χ2n) is 6.05. The molecule has 1 aromatic heterocycles. The lowest BCUT2D eigenvalue weighted by atomic mass is 10.1. The molecule has 30 heavy (non-hydrogen) atoms. The van der Waals surface area contributed by atoms with Crippen molar-refractivity contribution in [3.63, 3.8) is 0 Å². The van der Waals surface area contributed by atoms with E-state index in [0.717, 1.165) is 17.7 Å². The van der Waals surface area contributed by atoms with Crippen molar-refractivity contribution < 1.29 is 36.8 Å². The molecule has 3 aromatic rings. The van der Waals surface area contributed by atoms with E-state index >= 15 is 0 Å². The molecular formula is C20H15F3N2O5.